The number of hydrogen-bond donors (Lipinski definition) is 1. The van der Waals surface area contributed by atoms with Crippen LogP contribution in [0.5, 0.6) is 11.5 Å². The normalized spacial score (nSPS) is 18.5. The molecule has 1 fully saturated rings. The van der Waals surface area contributed by atoms with Gasteiger partial charge in [0.1, 0.15) is 0 Å². The maximum Gasteiger partial charge on any atom is 0.175 e. The Bertz CT molecular complexity index is 538. The van der Waals surface area contributed by atoms with Crippen LogP contribution < -0.4 is 14.8 Å². The second kappa shape index (κ2) is 6.84. The Hall–Kier alpha value is -1.00. The van der Waals surface area contributed by atoms with Crippen LogP contribution in [0.1, 0.15) is 38.2 Å². The molecule has 3 nitrogen and oxygen atoms in total. The van der Waals surface area contributed by atoms with Crippen molar-refractivity contribution in [1.29, 1.82) is 0 Å². The molecule has 0 bridgehead atoms. The summed E-state index contributed by atoms with van der Waals surface area (Å²) in [6.45, 7) is 4.62. The van der Waals surface area contributed by atoms with Crippen molar-refractivity contribution >= 4 is 22.0 Å². The summed E-state index contributed by atoms with van der Waals surface area (Å²) in [6, 6.07) is 4.94. The first-order valence-corrected chi connectivity index (χ1v) is 8.57. The van der Waals surface area contributed by atoms with Gasteiger partial charge in [-0.2, -0.15) is 0 Å². The highest BCUT2D eigenvalue weighted by atomic mass is 79.9. The first-order chi connectivity index (χ1) is 10.3. The van der Waals surface area contributed by atoms with E-state index in [2.05, 4.69) is 46.4 Å². The minimum atomic E-state index is 0.715. The lowest BCUT2D eigenvalue weighted by atomic mass is 10.1. The number of hydrogen-bond acceptors (Lipinski definition) is 3. The molecule has 3 rings (SSSR count). The minimum Gasteiger partial charge on any atom is -0.489 e. The third kappa shape index (κ3) is 4.01. The van der Waals surface area contributed by atoms with Gasteiger partial charge in [0.2, 0.25) is 0 Å². The highest BCUT2D eigenvalue weighted by Gasteiger charge is 2.20. The molecule has 1 aliphatic heterocycles. The van der Waals surface area contributed by atoms with Crippen LogP contribution in [0.2, 0.25) is 0 Å². The number of halogens is 1. The van der Waals surface area contributed by atoms with Gasteiger partial charge in [-0.15, -0.1) is 0 Å². The zero-order valence-electron chi connectivity index (χ0n) is 12.5. The number of rotatable bonds is 5. The van der Waals surface area contributed by atoms with Gasteiger partial charge in [-0.1, -0.05) is 18.6 Å². The van der Waals surface area contributed by atoms with Crippen LogP contribution >= 0.6 is 15.9 Å². The Morgan fingerprint density at radius 1 is 1.33 bits per heavy atom. The molecular formula is C17H22BrNO2. The largest absolute Gasteiger partial charge is 0.489 e. The van der Waals surface area contributed by atoms with Crippen molar-refractivity contribution in [2.45, 2.75) is 38.6 Å². The van der Waals surface area contributed by atoms with Gasteiger partial charge < -0.3 is 14.8 Å². The van der Waals surface area contributed by atoms with E-state index in [0.29, 0.717) is 6.61 Å². The molecule has 0 spiro atoms. The highest BCUT2D eigenvalue weighted by molar-refractivity contribution is 9.10. The number of benzene rings is 1. The first kappa shape index (κ1) is 14.9. The summed E-state index contributed by atoms with van der Waals surface area (Å²) < 4.78 is 12.5. The molecule has 0 aromatic heterocycles. The van der Waals surface area contributed by atoms with Gasteiger partial charge in [0.25, 0.3) is 0 Å². The Balaban J connectivity index is 1.80. The average molecular weight is 352 g/mol. The summed E-state index contributed by atoms with van der Waals surface area (Å²) in [5, 5.41) is 3.58. The molecule has 114 valence electrons. The van der Waals surface area contributed by atoms with Crippen molar-refractivity contribution in [3.63, 3.8) is 0 Å². The predicted octanol–water partition coefficient (Wildman–Crippen LogP) is 4.16. The Labute approximate surface area is 134 Å². The summed E-state index contributed by atoms with van der Waals surface area (Å²) in [5.41, 5.74) is 2.59. The number of ether oxygens (including phenoxy) is 2. The molecule has 2 aliphatic rings. The van der Waals surface area contributed by atoms with Crippen LogP contribution in [-0.4, -0.2) is 25.8 Å². The van der Waals surface area contributed by atoms with Crippen LogP contribution in [0.25, 0.3) is 6.08 Å². The quantitative estimate of drug-likeness (QED) is 0.863. The lowest BCUT2D eigenvalue weighted by Gasteiger charge is -2.11. The molecule has 0 unspecified atom stereocenters. The molecule has 0 amide bonds. The second-order valence-corrected chi connectivity index (χ2v) is 6.55. The van der Waals surface area contributed by atoms with Crippen LogP contribution in [0.3, 0.4) is 0 Å². The van der Waals surface area contributed by atoms with Gasteiger partial charge in [-0.05, 0) is 52.9 Å². The van der Waals surface area contributed by atoms with Gasteiger partial charge in [0, 0.05) is 19.0 Å². The molecule has 0 atom stereocenters. The van der Waals surface area contributed by atoms with Crippen LogP contribution in [0.15, 0.2) is 22.2 Å². The maximum absolute atomic E-state index is 5.79. The van der Waals surface area contributed by atoms with Crippen molar-refractivity contribution in [2.24, 2.45) is 0 Å². The lowest BCUT2D eigenvalue weighted by Crippen LogP contribution is -2.18. The van der Waals surface area contributed by atoms with Crippen molar-refractivity contribution in [3.8, 4) is 11.5 Å². The van der Waals surface area contributed by atoms with Gasteiger partial charge >= 0.3 is 0 Å². The molecular weight excluding hydrogens is 330 g/mol. The van der Waals surface area contributed by atoms with E-state index >= 15 is 0 Å². The molecule has 1 heterocycles. The van der Waals surface area contributed by atoms with E-state index in [-0.39, 0.29) is 0 Å². The first-order valence-electron chi connectivity index (χ1n) is 7.78. The third-order valence-electron chi connectivity index (χ3n) is 3.84. The molecule has 0 saturated heterocycles. The van der Waals surface area contributed by atoms with Gasteiger partial charge in [-0.25, -0.2) is 0 Å². The van der Waals surface area contributed by atoms with Crippen molar-refractivity contribution in [2.75, 3.05) is 19.8 Å². The standard InChI is InChI=1S/C17H22BrNO2/c1-2-12(11-19-14-4-5-14)8-13-9-15(18)17-16(10-13)20-6-3-7-21-17/h8-10,14,19H,2-7,11H2,1H3. The molecule has 1 N–H and O–H groups in total. The van der Waals surface area contributed by atoms with E-state index in [9.17, 15) is 0 Å². The zero-order chi connectivity index (χ0) is 14.7. The van der Waals surface area contributed by atoms with Crippen LogP contribution in [0.4, 0.5) is 0 Å². The molecule has 1 aliphatic carbocycles. The van der Waals surface area contributed by atoms with E-state index < -0.39 is 0 Å². The maximum atomic E-state index is 5.79. The molecule has 21 heavy (non-hydrogen) atoms. The highest BCUT2D eigenvalue weighted by Crippen LogP contribution is 2.38. The minimum absolute atomic E-state index is 0.715. The second-order valence-electron chi connectivity index (χ2n) is 5.69. The average Bonchev–Trinajstić information content (AvgIpc) is 3.30. The van der Waals surface area contributed by atoms with Crippen LogP contribution in [0, 0.1) is 0 Å². The van der Waals surface area contributed by atoms with Gasteiger partial charge in [0.05, 0.1) is 17.7 Å². The molecule has 4 heteroatoms. The Kier molecular flexibility index (Phi) is 4.86. The van der Waals surface area contributed by atoms with E-state index in [1.165, 1.54) is 24.0 Å². The lowest BCUT2D eigenvalue weighted by molar-refractivity contribution is 0.296. The van der Waals surface area contributed by atoms with Crippen LogP contribution in [-0.2, 0) is 0 Å². The van der Waals surface area contributed by atoms with Crippen molar-refractivity contribution in [1.82, 2.24) is 5.32 Å². The fourth-order valence-electron chi connectivity index (χ4n) is 2.41. The number of nitrogens with one attached hydrogen (secondary N) is 1. The van der Waals surface area contributed by atoms with Crippen molar-refractivity contribution in [3.05, 3.63) is 27.7 Å². The fourth-order valence-corrected chi connectivity index (χ4v) is 2.98. The topological polar surface area (TPSA) is 30.5 Å². The fraction of sp³-hybridized carbons (Fsp3) is 0.529. The van der Waals surface area contributed by atoms with Gasteiger partial charge in [-0.3, -0.25) is 0 Å². The van der Waals surface area contributed by atoms with Gasteiger partial charge in [0.15, 0.2) is 11.5 Å². The Morgan fingerprint density at radius 3 is 2.90 bits per heavy atom. The Morgan fingerprint density at radius 2 is 2.14 bits per heavy atom. The summed E-state index contributed by atoms with van der Waals surface area (Å²) in [7, 11) is 0. The predicted molar refractivity (Wildman–Crippen MR) is 89.0 cm³/mol. The summed E-state index contributed by atoms with van der Waals surface area (Å²) >= 11 is 3.60. The molecule has 0 radical (unpaired) electrons. The van der Waals surface area contributed by atoms with E-state index in [4.69, 9.17) is 9.47 Å². The summed E-state index contributed by atoms with van der Waals surface area (Å²) in [6.07, 6.45) is 6.90. The third-order valence-corrected chi connectivity index (χ3v) is 4.43. The van der Waals surface area contributed by atoms with E-state index in [0.717, 1.165) is 48.0 Å². The number of fused-ring (bicyclic) bond motifs is 1. The smallest absolute Gasteiger partial charge is 0.175 e. The molecule has 1 saturated carbocycles. The monoisotopic (exact) mass is 351 g/mol. The molecule has 1 aromatic rings. The van der Waals surface area contributed by atoms with E-state index in [1.54, 1.807) is 0 Å². The zero-order valence-corrected chi connectivity index (χ0v) is 14.0. The van der Waals surface area contributed by atoms with E-state index in [1.807, 2.05) is 0 Å². The molecule has 1 aromatic carbocycles. The summed E-state index contributed by atoms with van der Waals surface area (Å²) in [5.74, 6) is 1.68. The summed E-state index contributed by atoms with van der Waals surface area (Å²) in [4.78, 5) is 0. The van der Waals surface area contributed by atoms with Crippen molar-refractivity contribution < 1.29 is 9.47 Å². The SMILES string of the molecule is CCC(=Cc1cc(Br)c2c(c1)OCCCO2)CNC1CC1.